The third-order valence-electron chi connectivity index (χ3n) is 2.50. The summed E-state index contributed by atoms with van der Waals surface area (Å²) in [4.78, 5) is 0. The Morgan fingerprint density at radius 2 is 2.13 bits per heavy atom. The predicted molar refractivity (Wildman–Crippen MR) is 57.5 cm³/mol. The van der Waals surface area contributed by atoms with Crippen LogP contribution in [0.25, 0.3) is 0 Å². The summed E-state index contributed by atoms with van der Waals surface area (Å²) >= 11 is 0. The maximum atomic E-state index is 13.1. The molecule has 2 rings (SSSR count). The van der Waals surface area contributed by atoms with E-state index in [2.05, 4.69) is 5.32 Å². The number of halogens is 1. The van der Waals surface area contributed by atoms with Gasteiger partial charge in [-0.15, -0.1) is 0 Å². The van der Waals surface area contributed by atoms with Crippen molar-refractivity contribution in [3.05, 3.63) is 30.1 Å². The number of benzene rings is 1. The summed E-state index contributed by atoms with van der Waals surface area (Å²) < 4.78 is 18.4. The average molecular weight is 209 g/mol. The molecule has 0 atom stereocenters. The van der Waals surface area contributed by atoms with Crippen LogP contribution in [-0.2, 0) is 0 Å². The van der Waals surface area contributed by atoms with E-state index in [-0.39, 0.29) is 5.82 Å². The topological polar surface area (TPSA) is 21.3 Å². The van der Waals surface area contributed by atoms with Gasteiger partial charge in [0.25, 0.3) is 0 Å². The summed E-state index contributed by atoms with van der Waals surface area (Å²) in [5, 5.41) is 3.29. The summed E-state index contributed by atoms with van der Waals surface area (Å²) in [6, 6.07) is 6.49. The van der Waals surface area contributed by atoms with Crippen molar-refractivity contribution in [2.45, 2.75) is 12.8 Å². The second kappa shape index (κ2) is 5.12. The molecule has 2 nitrogen and oxygen atoms in total. The summed E-state index contributed by atoms with van der Waals surface area (Å²) in [6.07, 6.45) is 2.70. The van der Waals surface area contributed by atoms with Crippen molar-refractivity contribution in [2.75, 3.05) is 19.7 Å². The van der Waals surface area contributed by atoms with Gasteiger partial charge in [0.2, 0.25) is 0 Å². The smallest absolute Gasteiger partial charge is 0.165 e. The van der Waals surface area contributed by atoms with Crippen LogP contribution in [0.1, 0.15) is 12.8 Å². The largest absolute Gasteiger partial charge is 0.489 e. The summed E-state index contributed by atoms with van der Waals surface area (Å²) in [7, 11) is 0. The molecule has 0 aliphatic heterocycles. The van der Waals surface area contributed by atoms with Gasteiger partial charge in [-0.25, -0.2) is 4.39 Å². The fourth-order valence-corrected chi connectivity index (χ4v) is 1.42. The Hall–Kier alpha value is -1.09. The Balaban J connectivity index is 1.62. The first-order chi connectivity index (χ1) is 7.36. The Morgan fingerprint density at radius 1 is 1.33 bits per heavy atom. The second-order valence-corrected chi connectivity index (χ2v) is 3.93. The lowest BCUT2D eigenvalue weighted by Crippen LogP contribution is -2.23. The predicted octanol–water partition coefficient (Wildman–Crippen LogP) is 2.20. The van der Waals surface area contributed by atoms with Gasteiger partial charge < -0.3 is 10.1 Å². The Bertz CT molecular complexity index is 312. The van der Waals surface area contributed by atoms with Gasteiger partial charge in [0, 0.05) is 6.54 Å². The van der Waals surface area contributed by atoms with Crippen LogP contribution in [0.5, 0.6) is 5.75 Å². The van der Waals surface area contributed by atoms with E-state index in [1.165, 1.54) is 18.9 Å². The highest BCUT2D eigenvalue weighted by atomic mass is 19.1. The Morgan fingerprint density at radius 3 is 2.87 bits per heavy atom. The first-order valence-corrected chi connectivity index (χ1v) is 5.44. The molecule has 0 radical (unpaired) electrons. The van der Waals surface area contributed by atoms with Crippen molar-refractivity contribution in [3.63, 3.8) is 0 Å². The van der Waals surface area contributed by atoms with Crippen molar-refractivity contribution in [2.24, 2.45) is 5.92 Å². The lowest BCUT2D eigenvalue weighted by molar-refractivity contribution is 0.298. The minimum absolute atomic E-state index is 0.292. The molecule has 15 heavy (non-hydrogen) atoms. The van der Waals surface area contributed by atoms with Crippen molar-refractivity contribution in [3.8, 4) is 5.75 Å². The molecule has 3 heteroatoms. The van der Waals surface area contributed by atoms with E-state index in [4.69, 9.17) is 4.74 Å². The minimum atomic E-state index is -0.292. The maximum Gasteiger partial charge on any atom is 0.165 e. The molecule has 1 aromatic carbocycles. The van der Waals surface area contributed by atoms with Crippen LogP contribution in [0.15, 0.2) is 24.3 Å². The van der Waals surface area contributed by atoms with Gasteiger partial charge in [-0.3, -0.25) is 0 Å². The zero-order chi connectivity index (χ0) is 10.5. The fourth-order valence-electron chi connectivity index (χ4n) is 1.42. The Labute approximate surface area is 89.4 Å². The van der Waals surface area contributed by atoms with Crippen molar-refractivity contribution < 1.29 is 9.13 Å². The molecule has 1 N–H and O–H groups in total. The van der Waals surface area contributed by atoms with Crippen LogP contribution in [0.4, 0.5) is 4.39 Å². The van der Waals surface area contributed by atoms with Crippen LogP contribution < -0.4 is 10.1 Å². The third-order valence-corrected chi connectivity index (χ3v) is 2.50. The van der Waals surface area contributed by atoms with Crippen molar-refractivity contribution in [1.29, 1.82) is 0 Å². The van der Waals surface area contributed by atoms with E-state index in [1.807, 2.05) is 0 Å². The summed E-state index contributed by atoms with van der Waals surface area (Å²) in [5.41, 5.74) is 0. The highest BCUT2D eigenvalue weighted by Crippen LogP contribution is 2.27. The molecule has 1 saturated carbocycles. The standard InChI is InChI=1S/C12H16FNO/c13-11-3-1-2-4-12(11)15-8-7-14-9-10-5-6-10/h1-4,10,14H,5-9H2. The van der Waals surface area contributed by atoms with Crippen LogP contribution in [0.2, 0.25) is 0 Å². The first-order valence-electron chi connectivity index (χ1n) is 5.44. The van der Waals surface area contributed by atoms with Gasteiger partial charge in [0.1, 0.15) is 6.61 Å². The van der Waals surface area contributed by atoms with E-state index in [1.54, 1.807) is 18.2 Å². The molecule has 0 amide bonds. The molecule has 1 fully saturated rings. The molecule has 0 saturated heterocycles. The molecule has 0 spiro atoms. The lowest BCUT2D eigenvalue weighted by Gasteiger charge is -2.07. The van der Waals surface area contributed by atoms with Gasteiger partial charge in [0.05, 0.1) is 0 Å². The quantitative estimate of drug-likeness (QED) is 0.725. The highest BCUT2D eigenvalue weighted by molar-refractivity contribution is 5.23. The summed E-state index contributed by atoms with van der Waals surface area (Å²) in [6.45, 7) is 2.37. The number of para-hydroxylation sites is 1. The molecule has 0 heterocycles. The van der Waals surface area contributed by atoms with E-state index in [9.17, 15) is 4.39 Å². The molecule has 0 bridgehead atoms. The highest BCUT2D eigenvalue weighted by Gasteiger charge is 2.19. The number of rotatable bonds is 6. The van der Waals surface area contributed by atoms with Crippen molar-refractivity contribution >= 4 is 0 Å². The lowest BCUT2D eigenvalue weighted by atomic mass is 10.3. The molecule has 1 aliphatic rings. The monoisotopic (exact) mass is 209 g/mol. The first kappa shape index (κ1) is 10.4. The molecule has 82 valence electrons. The van der Waals surface area contributed by atoms with Gasteiger partial charge >= 0.3 is 0 Å². The third kappa shape index (κ3) is 3.51. The zero-order valence-electron chi connectivity index (χ0n) is 8.71. The van der Waals surface area contributed by atoms with Gasteiger partial charge in [-0.1, -0.05) is 12.1 Å². The van der Waals surface area contributed by atoms with Gasteiger partial charge in [-0.05, 0) is 37.4 Å². The molecule has 1 aromatic rings. The molecular formula is C12H16FNO. The SMILES string of the molecule is Fc1ccccc1OCCNCC1CC1. The normalized spacial score (nSPS) is 15.3. The molecule has 0 unspecified atom stereocenters. The van der Waals surface area contributed by atoms with Crippen LogP contribution >= 0.6 is 0 Å². The number of hydrogen-bond acceptors (Lipinski definition) is 2. The molecule has 1 aliphatic carbocycles. The van der Waals surface area contributed by atoms with E-state index < -0.39 is 0 Å². The van der Waals surface area contributed by atoms with Crippen LogP contribution in [0.3, 0.4) is 0 Å². The zero-order valence-corrected chi connectivity index (χ0v) is 8.71. The number of nitrogens with one attached hydrogen (secondary N) is 1. The summed E-state index contributed by atoms with van der Waals surface area (Å²) in [5.74, 6) is 0.920. The van der Waals surface area contributed by atoms with Crippen LogP contribution in [0, 0.1) is 11.7 Å². The van der Waals surface area contributed by atoms with Crippen molar-refractivity contribution in [1.82, 2.24) is 5.32 Å². The van der Waals surface area contributed by atoms with E-state index >= 15 is 0 Å². The van der Waals surface area contributed by atoms with Gasteiger partial charge in [-0.2, -0.15) is 0 Å². The number of hydrogen-bond donors (Lipinski definition) is 1. The molecule has 0 aromatic heterocycles. The average Bonchev–Trinajstić information content (AvgIpc) is 3.04. The minimum Gasteiger partial charge on any atom is -0.489 e. The number of ether oxygens (including phenoxy) is 1. The fraction of sp³-hybridized carbons (Fsp3) is 0.500. The van der Waals surface area contributed by atoms with Crippen LogP contribution in [-0.4, -0.2) is 19.7 Å². The van der Waals surface area contributed by atoms with Gasteiger partial charge in [0.15, 0.2) is 11.6 Å². The Kier molecular flexibility index (Phi) is 3.56. The maximum absolute atomic E-state index is 13.1. The molecular weight excluding hydrogens is 193 g/mol. The second-order valence-electron chi connectivity index (χ2n) is 3.93. The van der Waals surface area contributed by atoms with E-state index in [0.29, 0.717) is 12.4 Å². The van der Waals surface area contributed by atoms with E-state index in [0.717, 1.165) is 19.0 Å².